The van der Waals surface area contributed by atoms with Gasteiger partial charge in [0.2, 0.25) is 0 Å². The highest BCUT2D eigenvalue weighted by Crippen LogP contribution is 2.14. The fraction of sp³-hybridized carbons (Fsp3) is 0.500. The predicted octanol–water partition coefficient (Wildman–Crippen LogP) is 3.43. The van der Waals surface area contributed by atoms with Gasteiger partial charge in [-0.05, 0) is 55.8 Å². The Morgan fingerprint density at radius 2 is 2.12 bits per heavy atom. The molecular weight excluding hydrogens is 284 g/mol. The zero-order valence-corrected chi connectivity index (χ0v) is 12.0. The molecule has 1 atom stereocenters. The summed E-state index contributed by atoms with van der Waals surface area (Å²) < 4.78 is 5.91. The van der Waals surface area contributed by atoms with Crippen LogP contribution in [0.1, 0.15) is 39.4 Å². The van der Waals surface area contributed by atoms with Crippen molar-refractivity contribution in [2.24, 2.45) is 0 Å². The van der Waals surface area contributed by atoms with Gasteiger partial charge in [0.05, 0.1) is 11.7 Å². The van der Waals surface area contributed by atoms with Crippen molar-refractivity contribution in [1.82, 2.24) is 10.3 Å². The third-order valence-corrected chi connectivity index (χ3v) is 2.36. The molecule has 0 unspecified atom stereocenters. The molecule has 5 heteroatoms. The maximum absolute atomic E-state index is 11.6. The van der Waals surface area contributed by atoms with E-state index in [-0.39, 0.29) is 6.04 Å². The van der Waals surface area contributed by atoms with E-state index in [4.69, 9.17) is 4.74 Å². The number of amides is 1. The molecule has 1 aromatic rings. The van der Waals surface area contributed by atoms with E-state index < -0.39 is 11.7 Å². The fourth-order valence-corrected chi connectivity index (χ4v) is 1.58. The number of ether oxygens (including phenoxy) is 1. The van der Waals surface area contributed by atoms with Crippen molar-refractivity contribution in [1.29, 1.82) is 0 Å². The van der Waals surface area contributed by atoms with Gasteiger partial charge in [-0.25, -0.2) is 9.78 Å². The van der Waals surface area contributed by atoms with Crippen LogP contribution in [0.4, 0.5) is 4.79 Å². The Morgan fingerprint density at radius 1 is 1.47 bits per heavy atom. The Kier molecular flexibility index (Phi) is 4.51. The molecule has 17 heavy (non-hydrogen) atoms. The third kappa shape index (κ3) is 5.17. The van der Waals surface area contributed by atoms with Gasteiger partial charge in [-0.1, -0.05) is 6.07 Å². The first-order valence-corrected chi connectivity index (χ1v) is 6.19. The van der Waals surface area contributed by atoms with Gasteiger partial charge in [0, 0.05) is 0 Å². The molecule has 0 saturated heterocycles. The molecule has 0 bridgehead atoms. The van der Waals surface area contributed by atoms with Crippen LogP contribution in [0.5, 0.6) is 0 Å². The quantitative estimate of drug-likeness (QED) is 0.851. The minimum Gasteiger partial charge on any atom is -0.444 e. The Labute approximate surface area is 110 Å². The number of nitrogens with zero attached hydrogens (tertiary/aromatic N) is 1. The number of hydrogen-bond donors (Lipinski definition) is 1. The summed E-state index contributed by atoms with van der Waals surface area (Å²) in [4.78, 5) is 15.8. The topological polar surface area (TPSA) is 51.2 Å². The van der Waals surface area contributed by atoms with E-state index in [0.717, 1.165) is 10.3 Å². The molecule has 0 fully saturated rings. The van der Waals surface area contributed by atoms with E-state index in [2.05, 4.69) is 26.2 Å². The Bertz CT molecular complexity index is 402. The summed E-state index contributed by atoms with van der Waals surface area (Å²) in [7, 11) is 0. The number of rotatable bonds is 2. The molecule has 0 aliphatic heterocycles. The van der Waals surface area contributed by atoms with Crippen LogP contribution in [-0.2, 0) is 4.74 Å². The number of hydrogen-bond acceptors (Lipinski definition) is 3. The van der Waals surface area contributed by atoms with E-state index in [9.17, 15) is 4.79 Å². The Balaban J connectivity index is 2.61. The van der Waals surface area contributed by atoms with Gasteiger partial charge in [0.25, 0.3) is 0 Å². The zero-order valence-electron chi connectivity index (χ0n) is 10.5. The first-order valence-electron chi connectivity index (χ1n) is 5.40. The van der Waals surface area contributed by atoms with Gasteiger partial charge in [-0.3, -0.25) is 0 Å². The molecule has 4 nitrogen and oxygen atoms in total. The van der Waals surface area contributed by atoms with Crippen LogP contribution in [0.3, 0.4) is 0 Å². The summed E-state index contributed by atoms with van der Waals surface area (Å²) in [5.74, 6) is 0. The zero-order chi connectivity index (χ0) is 13.1. The maximum atomic E-state index is 11.6. The highest BCUT2D eigenvalue weighted by Gasteiger charge is 2.18. The van der Waals surface area contributed by atoms with Gasteiger partial charge in [0.1, 0.15) is 10.2 Å². The molecule has 0 aliphatic rings. The third-order valence-electron chi connectivity index (χ3n) is 1.91. The molecule has 0 aromatic carbocycles. The number of carbonyl (C=O) groups excluding carboxylic acids is 1. The van der Waals surface area contributed by atoms with Crippen LogP contribution in [0.15, 0.2) is 22.8 Å². The minimum atomic E-state index is -0.492. The van der Waals surface area contributed by atoms with Crippen molar-refractivity contribution < 1.29 is 9.53 Å². The van der Waals surface area contributed by atoms with Gasteiger partial charge in [-0.15, -0.1) is 0 Å². The number of carbonyl (C=O) groups is 1. The maximum Gasteiger partial charge on any atom is 0.408 e. The highest BCUT2D eigenvalue weighted by molar-refractivity contribution is 9.10. The van der Waals surface area contributed by atoms with Crippen molar-refractivity contribution in [3.63, 3.8) is 0 Å². The Morgan fingerprint density at radius 3 is 2.65 bits per heavy atom. The van der Waals surface area contributed by atoms with Gasteiger partial charge >= 0.3 is 6.09 Å². The van der Waals surface area contributed by atoms with E-state index in [1.165, 1.54) is 0 Å². The monoisotopic (exact) mass is 300 g/mol. The first kappa shape index (κ1) is 14.0. The summed E-state index contributed by atoms with van der Waals surface area (Å²) in [6.07, 6.45) is -0.438. The standard InChI is InChI=1S/C12H17BrN2O2/c1-8(9-6-5-7-10(13)15-9)14-11(16)17-12(2,3)4/h5-8H,1-4H3,(H,14,16)/t8-/m0/s1. The lowest BCUT2D eigenvalue weighted by atomic mass is 10.2. The summed E-state index contributed by atoms with van der Waals surface area (Å²) in [6.45, 7) is 7.34. The fourth-order valence-electron chi connectivity index (χ4n) is 1.22. The summed E-state index contributed by atoms with van der Waals surface area (Å²) in [5, 5.41) is 2.74. The van der Waals surface area contributed by atoms with E-state index in [0.29, 0.717) is 0 Å². The average molecular weight is 301 g/mol. The lowest BCUT2D eigenvalue weighted by Gasteiger charge is -2.21. The average Bonchev–Trinajstić information content (AvgIpc) is 2.14. The van der Waals surface area contributed by atoms with E-state index >= 15 is 0 Å². The summed E-state index contributed by atoms with van der Waals surface area (Å²) in [5.41, 5.74) is 0.291. The molecule has 0 saturated carbocycles. The second-order valence-electron chi connectivity index (χ2n) is 4.75. The van der Waals surface area contributed by atoms with Crippen LogP contribution in [0, 0.1) is 0 Å². The van der Waals surface area contributed by atoms with Crippen LogP contribution in [0.25, 0.3) is 0 Å². The second kappa shape index (κ2) is 5.49. The van der Waals surface area contributed by atoms with Gasteiger partial charge in [0.15, 0.2) is 0 Å². The number of nitrogens with one attached hydrogen (secondary N) is 1. The lowest BCUT2D eigenvalue weighted by molar-refractivity contribution is 0.0507. The van der Waals surface area contributed by atoms with Crippen LogP contribution in [0.2, 0.25) is 0 Å². The molecule has 0 aliphatic carbocycles. The molecule has 1 amide bonds. The SMILES string of the molecule is C[C@H](NC(=O)OC(C)(C)C)c1cccc(Br)n1. The Hall–Kier alpha value is -1.10. The summed E-state index contributed by atoms with van der Waals surface area (Å²) in [6, 6.07) is 5.37. The second-order valence-corrected chi connectivity index (χ2v) is 5.57. The lowest BCUT2D eigenvalue weighted by Crippen LogP contribution is -2.34. The molecular formula is C12H17BrN2O2. The molecule has 94 valence electrons. The molecule has 1 N–H and O–H groups in total. The van der Waals surface area contributed by atoms with Crippen molar-refractivity contribution in [3.8, 4) is 0 Å². The van der Waals surface area contributed by atoms with Crippen molar-refractivity contribution in [2.45, 2.75) is 39.3 Å². The number of alkyl carbamates (subject to hydrolysis) is 1. The number of halogens is 1. The van der Waals surface area contributed by atoms with E-state index in [1.807, 2.05) is 45.9 Å². The number of aromatic nitrogens is 1. The van der Waals surface area contributed by atoms with Crippen LogP contribution >= 0.6 is 15.9 Å². The first-order chi connectivity index (χ1) is 7.78. The predicted molar refractivity (Wildman–Crippen MR) is 69.7 cm³/mol. The van der Waals surface area contributed by atoms with Gasteiger partial charge < -0.3 is 10.1 Å². The largest absolute Gasteiger partial charge is 0.444 e. The van der Waals surface area contributed by atoms with Crippen molar-refractivity contribution in [2.75, 3.05) is 0 Å². The smallest absolute Gasteiger partial charge is 0.408 e. The number of pyridine rings is 1. The highest BCUT2D eigenvalue weighted by atomic mass is 79.9. The van der Waals surface area contributed by atoms with E-state index in [1.54, 1.807) is 0 Å². The molecule has 1 heterocycles. The van der Waals surface area contributed by atoms with Crippen LogP contribution < -0.4 is 5.32 Å². The van der Waals surface area contributed by atoms with Crippen LogP contribution in [-0.4, -0.2) is 16.7 Å². The summed E-state index contributed by atoms with van der Waals surface area (Å²) >= 11 is 3.29. The molecule has 1 rings (SSSR count). The van der Waals surface area contributed by atoms with Crippen molar-refractivity contribution >= 4 is 22.0 Å². The molecule has 0 spiro atoms. The van der Waals surface area contributed by atoms with Gasteiger partial charge in [-0.2, -0.15) is 0 Å². The minimum absolute atomic E-state index is 0.192. The molecule has 0 radical (unpaired) electrons. The van der Waals surface area contributed by atoms with Crippen molar-refractivity contribution in [3.05, 3.63) is 28.5 Å². The normalized spacial score (nSPS) is 13.0. The molecule has 1 aromatic heterocycles.